The molecule has 0 saturated heterocycles. The Bertz CT molecular complexity index is 1480. The molecule has 0 aliphatic rings. The zero-order valence-electron chi connectivity index (χ0n) is 19.9. The van der Waals surface area contributed by atoms with Gasteiger partial charge in [-0.1, -0.05) is 17.7 Å². The predicted octanol–water partition coefficient (Wildman–Crippen LogP) is 5.69. The van der Waals surface area contributed by atoms with E-state index in [0.717, 1.165) is 15.6 Å². The fourth-order valence-corrected chi connectivity index (χ4v) is 6.12. The van der Waals surface area contributed by atoms with Gasteiger partial charge < -0.3 is 14.8 Å². The van der Waals surface area contributed by atoms with E-state index in [1.165, 1.54) is 22.8 Å². The molecular formula is C26H26N2O5S2. The minimum absolute atomic E-state index is 0.240. The second kappa shape index (κ2) is 9.97. The summed E-state index contributed by atoms with van der Waals surface area (Å²) < 4.78 is 39.4. The molecule has 0 bridgehead atoms. The number of benzene rings is 3. The van der Waals surface area contributed by atoms with Crippen LogP contribution in [0.3, 0.4) is 0 Å². The molecule has 9 heteroatoms. The number of anilines is 2. The average Bonchev–Trinajstić information content (AvgIpc) is 3.28. The number of hydrogen-bond donors (Lipinski definition) is 1. The molecule has 3 aromatic carbocycles. The fraction of sp³-hybridized carbons (Fsp3) is 0.192. The number of nitrogens with one attached hydrogen (secondary N) is 1. The van der Waals surface area contributed by atoms with Crippen LogP contribution in [0.2, 0.25) is 0 Å². The SMILES string of the molecule is CCN(c1ccc2sc(C(=O)Nc3ccc(OC)cc3OC)cc2c1)S(=O)(=O)c1ccc(C)cc1. The lowest BCUT2D eigenvalue weighted by Gasteiger charge is -2.23. The summed E-state index contributed by atoms with van der Waals surface area (Å²) in [7, 11) is -0.637. The van der Waals surface area contributed by atoms with Crippen LogP contribution in [0.4, 0.5) is 11.4 Å². The Kier molecular flexibility index (Phi) is 7.00. The minimum atomic E-state index is -3.72. The molecule has 0 saturated carbocycles. The first-order valence-electron chi connectivity index (χ1n) is 10.9. The number of carbonyl (C=O) groups excluding carboxylic acids is 1. The Labute approximate surface area is 209 Å². The number of methoxy groups -OCH3 is 2. The van der Waals surface area contributed by atoms with Crippen LogP contribution in [-0.2, 0) is 10.0 Å². The van der Waals surface area contributed by atoms with Crippen molar-refractivity contribution in [1.82, 2.24) is 0 Å². The summed E-state index contributed by atoms with van der Waals surface area (Å²) in [5.41, 5.74) is 2.06. The number of aryl methyl sites for hydroxylation is 1. The number of nitrogens with zero attached hydrogens (tertiary/aromatic N) is 1. The van der Waals surface area contributed by atoms with E-state index in [9.17, 15) is 13.2 Å². The maximum absolute atomic E-state index is 13.3. The van der Waals surface area contributed by atoms with Gasteiger partial charge in [-0.05, 0) is 67.8 Å². The first kappa shape index (κ1) is 24.6. The van der Waals surface area contributed by atoms with E-state index in [0.29, 0.717) is 27.8 Å². The largest absolute Gasteiger partial charge is 0.497 e. The van der Waals surface area contributed by atoms with Crippen LogP contribution < -0.4 is 19.1 Å². The van der Waals surface area contributed by atoms with Crippen LogP contribution in [0.5, 0.6) is 11.5 Å². The van der Waals surface area contributed by atoms with Crippen molar-refractivity contribution in [2.75, 3.05) is 30.4 Å². The van der Waals surface area contributed by atoms with Gasteiger partial charge in [-0.25, -0.2) is 8.42 Å². The fourth-order valence-electron chi connectivity index (χ4n) is 3.71. The molecule has 0 unspecified atom stereocenters. The summed E-state index contributed by atoms with van der Waals surface area (Å²) in [6.07, 6.45) is 0. The smallest absolute Gasteiger partial charge is 0.265 e. The van der Waals surface area contributed by atoms with Crippen LogP contribution in [0.1, 0.15) is 22.2 Å². The van der Waals surface area contributed by atoms with Crippen LogP contribution in [0.25, 0.3) is 10.1 Å². The van der Waals surface area contributed by atoms with Crippen molar-refractivity contribution in [3.05, 3.63) is 77.2 Å². The van der Waals surface area contributed by atoms with Gasteiger partial charge in [0.2, 0.25) is 0 Å². The van der Waals surface area contributed by atoms with Gasteiger partial charge in [-0.3, -0.25) is 9.10 Å². The Morgan fingerprint density at radius 3 is 2.37 bits per heavy atom. The van der Waals surface area contributed by atoms with Gasteiger partial charge >= 0.3 is 0 Å². The number of fused-ring (bicyclic) bond motifs is 1. The van der Waals surface area contributed by atoms with Gasteiger partial charge in [0.05, 0.1) is 35.4 Å². The molecule has 4 rings (SSSR count). The van der Waals surface area contributed by atoms with E-state index < -0.39 is 10.0 Å². The number of rotatable bonds is 8. The summed E-state index contributed by atoms with van der Waals surface area (Å²) in [6, 6.07) is 19.1. The van der Waals surface area contributed by atoms with Crippen molar-refractivity contribution in [3.63, 3.8) is 0 Å². The highest BCUT2D eigenvalue weighted by atomic mass is 32.2. The highest BCUT2D eigenvalue weighted by molar-refractivity contribution is 7.92. The van der Waals surface area contributed by atoms with Crippen molar-refractivity contribution < 1.29 is 22.7 Å². The monoisotopic (exact) mass is 510 g/mol. The van der Waals surface area contributed by atoms with Gasteiger partial charge in [0.1, 0.15) is 11.5 Å². The summed E-state index contributed by atoms with van der Waals surface area (Å²) in [5.74, 6) is 0.826. The van der Waals surface area contributed by atoms with Gasteiger partial charge in [0.15, 0.2) is 0 Å². The topological polar surface area (TPSA) is 84.9 Å². The standard InChI is InChI=1S/C26H26N2O5S2/c1-5-28(35(30,31)21-10-6-17(2)7-11-21)19-8-13-24-18(14-19)15-25(34-24)26(29)27-22-12-9-20(32-3)16-23(22)33-4/h6-16H,5H2,1-4H3,(H,27,29). The lowest BCUT2D eigenvalue weighted by molar-refractivity contribution is 0.103. The number of hydrogen-bond acceptors (Lipinski definition) is 6. The van der Waals surface area contributed by atoms with E-state index in [-0.39, 0.29) is 17.3 Å². The molecule has 1 amide bonds. The second-order valence-corrected chi connectivity index (χ2v) is 10.8. The summed E-state index contributed by atoms with van der Waals surface area (Å²) in [5, 5.41) is 3.66. The molecule has 1 N–H and O–H groups in total. The molecule has 4 aromatic rings. The third kappa shape index (κ3) is 4.96. The Balaban J connectivity index is 1.62. The first-order valence-corrected chi connectivity index (χ1v) is 13.2. The quantitative estimate of drug-likeness (QED) is 0.329. The zero-order valence-corrected chi connectivity index (χ0v) is 21.5. The molecular weight excluding hydrogens is 484 g/mol. The van der Waals surface area contributed by atoms with Crippen molar-refractivity contribution >= 4 is 48.7 Å². The Morgan fingerprint density at radius 2 is 1.71 bits per heavy atom. The lowest BCUT2D eigenvalue weighted by Crippen LogP contribution is -2.30. The zero-order chi connectivity index (χ0) is 25.2. The molecule has 0 aliphatic heterocycles. The molecule has 0 fully saturated rings. The lowest BCUT2D eigenvalue weighted by atomic mass is 10.2. The van der Waals surface area contributed by atoms with E-state index in [1.807, 2.05) is 13.0 Å². The van der Waals surface area contributed by atoms with Crippen LogP contribution in [-0.4, -0.2) is 35.1 Å². The minimum Gasteiger partial charge on any atom is -0.497 e. The molecule has 0 aliphatic carbocycles. The summed E-state index contributed by atoms with van der Waals surface area (Å²) >= 11 is 1.33. The van der Waals surface area contributed by atoms with Crippen molar-refractivity contribution in [2.45, 2.75) is 18.7 Å². The Hall–Kier alpha value is -3.56. The molecule has 35 heavy (non-hydrogen) atoms. The molecule has 182 valence electrons. The second-order valence-electron chi connectivity index (χ2n) is 7.84. The molecule has 7 nitrogen and oxygen atoms in total. The van der Waals surface area contributed by atoms with Crippen molar-refractivity contribution in [1.29, 1.82) is 0 Å². The molecule has 1 heterocycles. The average molecular weight is 511 g/mol. The van der Waals surface area contributed by atoms with Gasteiger partial charge in [-0.15, -0.1) is 11.3 Å². The number of amides is 1. The van der Waals surface area contributed by atoms with Crippen molar-refractivity contribution in [2.24, 2.45) is 0 Å². The summed E-state index contributed by atoms with van der Waals surface area (Å²) in [4.78, 5) is 13.7. The van der Waals surface area contributed by atoms with E-state index in [4.69, 9.17) is 9.47 Å². The van der Waals surface area contributed by atoms with Crippen molar-refractivity contribution in [3.8, 4) is 11.5 Å². The van der Waals surface area contributed by atoms with Crippen LogP contribution in [0.15, 0.2) is 71.6 Å². The maximum atomic E-state index is 13.3. The van der Waals surface area contributed by atoms with Crippen LogP contribution >= 0.6 is 11.3 Å². The first-order chi connectivity index (χ1) is 16.8. The van der Waals surface area contributed by atoms with E-state index >= 15 is 0 Å². The highest BCUT2D eigenvalue weighted by Gasteiger charge is 2.24. The van der Waals surface area contributed by atoms with Crippen LogP contribution in [0, 0.1) is 6.92 Å². The molecule has 0 spiro atoms. The molecule has 0 atom stereocenters. The Morgan fingerprint density at radius 1 is 0.971 bits per heavy atom. The number of ether oxygens (including phenoxy) is 2. The predicted molar refractivity (Wildman–Crippen MR) is 141 cm³/mol. The van der Waals surface area contributed by atoms with E-state index in [1.54, 1.807) is 74.7 Å². The highest BCUT2D eigenvalue weighted by Crippen LogP contribution is 2.34. The van der Waals surface area contributed by atoms with Gasteiger partial charge in [0, 0.05) is 17.3 Å². The molecule has 0 radical (unpaired) electrons. The van der Waals surface area contributed by atoms with Gasteiger partial charge in [-0.2, -0.15) is 0 Å². The number of thiophene rings is 1. The third-order valence-corrected chi connectivity index (χ3v) is 8.60. The summed E-state index contributed by atoms with van der Waals surface area (Å²) in [6.45, 7) is 3.98. The normalized spacial score (nSPS) is 11.3. The number of carbonyl (C=O) groups is 1. The third-order valence-electron chi connectivity index (χ3n) is 5.56. The van der Waals surface area contributed by atoms with Gasteiger partial charge in [0.25, 0.3) is 15.9 Å². The maximum Gasteiger partial charge on any atom is 0.265 e. The molecule has 1 aromatic heterocycles. The van der Waals surface area contributed by atoms with E-state index in [2.05, 4.69) is 5.32 Å². The number of sulfonamides is 1.